The summed E-state index contributed by atoms with van der Waals surface area (Å²) in [6.45, 7) is 6.61. The zero-order chi connectivity index (χ0) is 13.4. The summed E-state index contributed by atoms with van der Waals surface area (Å²) >= 11 is 4.75. The monoisotopic (exact) mass is 264 g/mol. The molecule has 1 aromatic rings. The van der Waals surface area contributed by atoms with Crippen LogP contribution in [0.3, 0.4) is 0 Å². The molecule has 0 amide bonds. The zero-order valence-corrected chi connectivity index (χ0v) is 12.8. The second kappa shape index (κ2) is 4.80. The summed E-state index contributed by atoms with van der Waals surface area (Å²) in [7, 11) is 1.77. The maximum atomic E-state index is 5.62. The van der Waals surface area contributed by atoms with Crippen LogP contribution in [0, 0.1) is 0 Å². The normalized spacial score (nSPS) is 20.3. The van der Waals surface area contributed by atoms with Crippen LogP contribution in [0.25, 0.3) is 0 Å². The third-order valence-corrected chi connectivity index (χ3v) is 5.19. The van der Waals surface area contributed by atoms with Crippen LogP contribution in [0.15, 0.2) is 18.2 Å². The molecule has 1 unspecified atom stereocenters. The summed E-state index contributed by atoms with van der Waals surface area (Å²) in [5.74, 6) is 1.04. The summed E-state index contributed by atoms with van der Waals surface area (Å²) < 4.78 is 5.55. The molecule has 18 heavy (non-hydrogen) atoms. The highest BCUT2D eigenvalue weighted by Crippen LogP contribution is 2.54. The SMILES string of the molecule is CCC(C)(S)c1ccc(C2(CC)CC2)c(OC)c1. The van der Waals surface area contributed by atoms with Crippen molar-refractivity contribution in [3.63, 3.8) is 0 Å². The van der Waals surface area contributed by atoms with Gasteiger partial charge in [-0.25, -0.2) is 0 Å². The molecule has 1 aliphatic rings. The van der Waals surface area contributed by atoms with Gasteiger partial charge in [0.1, 0.15) is 5.75 Å². The van der Waals surface area contributed by atoms with Crippen LogP contribution in [0.1, 0.15) is 57.6 Å². The third-order valence-electron chi connectivity index (χ3n) is 4.61. The predicted molar refractivity (Wildman–Crippen MR) is 80.8 cm³/mol. The molecule has 2 heteroatoms. The maximum Gasteiger partial charge on any atom is 0.122 e. The molecule has 0 heterocycles. The van der Waals surface area contributed by atoms with Crippen molar-refractivity contribution in [2.45, 2.75) is 56.6 Å². The van der Waals surface area contributed by atoms with E-state index in [2.05, 4.69) is 39.0 Å². The molecule has 1 fully saturated rings. The first-order valence-electron chi connectivity index (χ1n) is 6.90. The Labute approximate surface area is 116 Å². The average Bonchev–Trinajstić information content (AvgIpc) is 3.19. The summed E-state index contributed by atoms with van der Waals surface area (Å²) in [5, 5.41) is 0. The van der Waals surface area contributed by atoms with Crippen LogP contribution in [0.4, 0.5) is 0 Å². The molecule has 0 spiro atoms. The Morgan fingerprint density at radius 2 is 2.00 bits per heavy atom. The van der Waals surface area contributed by atoms with Crippen LogP contribution >= 0.6 is 12.6 Å². The van der Waals surface area contributed by atoms with Crippen LogP contribution in [-0.4, -0.2) is 7.11 Å². The van der Waals surface area contributed by atoms with E-state index in [0.29, 0.717) is 5.41 Å². The van der Waals surface area contributed by atoms with Crippen LogP contribution in [0.5, 0.6) is 5.75 Å². The predicted octanol–water partition coefficient (Wildman–Crippen LogP) is 4.69. The second-order valence-electron chi connectivity index (χ2n) is 5.68. The zero-order valence-electron chi connectivity index (χ0n) is 11.9. The number of thiol groups is 1. The van der Waals surface area contributed by atoms with Gasteiger partial charge >= 0.3 is 0 Å². The van der Waals surface area contributed by atoms with Crippen LogP contribution in [-0.2, 0) is 10.2 Å². The number of hydrogen-bond acceptors (Lipinski definition) is 2. The number of hydrogen-bond donors (Lipinski definition) is 1. The minimum Gasteiger partial charge on any atom is -0.496 e. The molecule has 100 valence electrons. The molecule has 1 nitrogen and oxygen atoms in total. The van der Waals surface area contributed by atoms with Crippen molar-refractivity contribution in [1.82, 2.24) is 0 Å². The van der Waals surface area contributed by atoms with Gasteiger partial charge in [-0.1, -0.05) is 26.0 Å². The lowest BCUT2D eigenvalue weighted by Gasteiger charge is -2.25. The van der Waals surface area contributed by atoms with E-state index in [9.17, 15) is 0 Å². The molecule has 1 aliphatic carbocycles. The lowest BCUT2D eigenvalue weighted by atomic mass is 9.88. The van der Waals surface area contributed by atoms with Gasteiger partial charge in [-0.2, -0.15) is 12.6 Å². The van der Waals surface area contributed by atoms with Gasteiger partial charge in [0.2, 0.25) is 0 Å². The van der Waals surface area contributed by atoms with E-state index in [1.165, 1.54) is 30.4 Å². The lowest BCUT2D eigenvalue weighted by molar-refractivity contribution is 0.401. The average molecular weight is 264 g/mol. The van der Waals surface area contributed by atoms with Crippen molar-refractivity contribution in [3.8, 4) is 5.75 Å². The number of ether oxygens (including phenoxy) is 1. The van der Waals surface area contributed by atoms with Gasteiger partial charge in [0.25, 0.3) is 0 Å². The minimum atomic E-state index is -0.0747. The Balaban J connectivity index is 2.41. The molecular formula is C16H24OS. The summed E-state index contributed by atoms with van der Waals surface area (Å²) in [6, 6.07) is 6.67. The third kappa shape index (κ3) is 2.27. The maximum absolute atomic E-state index is 5.62. The largest absolute Gasteiger partial charge is 0.496 e. The van der Waals surface area contributed by atoms with Gasteiger partial charge in [-0.05, 0) is 49.7 Å². The first kappa shape index (κ1) is 13.8. The Bertz CT molecular complexity index is 433. The molecule has 1 saturated carbocycles. The Kier molecular flexibility index (Phi) is 3.68. The first-order valence-corrected chi connectivity index (χ1v) is 7.35. The molecule has 0 aliphatic heterocycles. The fourth-order valence-corrected chi connectivity index (χ4v) is 2.77. The highest BCUT2D eigenvalue weighted by atomic mass is 32.1. The van der Waals surface area contributed by atoms with Crippen LogP contribution < -0.4 is 4.74 Å². The van der Waals surface area contributed by atoms with Gasteiger partial charge in [0, 0.05) is 10.3 Å². The van der Waals surface area contributed by atoms with Gasteiger partial charge < -0.3 is 4.74 Å². The highest BCUT2D eigenvalue weighted by Gasteiger charge is 2.44. The Morgan fingerprint density at radius 1 is 1.33 bits per heavy atom. The van der Waals surface area contributed by atoms with Gasteiger partial charge in [-0.15, -0.1) is 0 Å². The molecule has 0 bridgehead atoms. The van der Waals surface area contributed by atoms with Crippen molar-refractivity contribution in [2.24, 2.45) is 0 Å². The van der Waals surface area contributed by atoms with E-state index in [4.69, 9.17) is 17.4 Å². The van der Waals surface area contributed by atoms with E-state index in [0.717, 1.165) is 12.2 Å². The van der Waals surface area contributed by atoms with Crippen LogP contribution in [0.2, 0.25) is 0 Å². The molecule has 0 aromatic heterocycles. The van der Waals surface area contributed by atoms with E-state index in [1.54, 1.807) is 7.11 Å². The smallest absolute Gasteiger partial charge is 0.122 e. The summed E-state index contributed by atoms with van der Waals surface area (Å²) in [4.78, 5) is 0. The van der Waals surface area contributed by atoms with E-state index in [1.807, 2.05) is 0 Å². The quantitative estimate of drug-likeness (QED) is 0.759. The number of rotatable bonds is 5. The lowest BCUT2D eigenvalue weighted by Crippen LogP contribution is -2.14. The summed E-state index contributed by atoms with van der Waals surface area (Å²) in [5.41, 5.74) is 3.03. The highest BCUT2D eigenvalue weighted by molar-refractivity contribution is 7.81. The Morgan fingerprint density at radius 3 is 2.44 bits per heavy atom. The van der Waals surface area contributed by atoms with Crippen molar-refractivity contribution >= 4 is 12.6 Å². The number of benzene rings is 1. The first-order chi connectivity index (χ1) is 8.49. The van der Waals surface area contributed by atoms with Crippen molar-refractivity contribution in [2.75, 3.05) is 7.11 Å². The molecule has 0 N–H and O–H groups in total. The van der Waals surface area contributed by atoms with E-state index in [-0.39, 0.29) is 4.75 Å². The molecule has 1 aromatic carbocycles. The fourth-order valence-electron chi connectivity index (χ4n) is 2.63. The molecule has 1 atom stereocenters. The molecule has 2 rings (SSSR count). The molecule has 0 radical (unpaired) electrons. The van der Waals surface area contributed by atoms with E-state index < -0.39 is 0 Å². The molecule has 0 saturated heterocycles. The minimum absolute atomic E-state index is 0.0747. The molecular weight excluding hydrogens is 240 g/mol. The summed E-state index contributed by atoms with van der Waals surface area (Å²) in [6.07, 6.45) is 4.81. The second-order valence-corrected chi connectivity index (χ2v) is 6.66. The standard InChI is InChI=1S/C16H24OS/c1-5-15(3,18)12-7-8-13(14(11-12)17-4)16(6-2)9-10-16/h7-8,11,18H,5-6,9-10H2,1-4H3. The number of methoxy groups -OCH3 is 1. The van der Waals surface area contributed by atoms with Crippen molar-refractivity contribution in [3.05, 3.63) is 29.3 Å². The van der Waals surface area contributed by atoms with Gasteiger partial charge in [-0.3, -0.25) is 0 Å². The van der Waals surface area contributed by atoms with Crippen molar-refractivity contribution < 1.29 is 4.74 Å². The van der Waals surface area contributed by atoms with Gasteiger partial charge in [0.15, 0.2) is 0 Å². The Hall–Kier alpha value is -0.630. The topological polar surface area (TPSA) is 9.23 Å². The van der Waals surface area contributed by atoms with Crippen molar-refractivity contribution in [1.29, 1.82) is 0 Å². The van der Waals surface area contributed by atoms with E-state index >= 15 is 0 Å². The van der Waals surface area contributed by atoms with Gasteiger partial charge in [0.05, 0.1) is 7.11 Å². The fraction of sp³-hybridized carbons (Fsp3) is 0.625.